The normalized spacial score (nSPS) is 22.3. The Hall–Kier alpha value is -1.77. The first-order chi connectivity index (χ1) is 7.25. The van der Waals surface area contributed by atoms with Gasteiger partial charge >= 0.3 is 0 Å². The van der Waals surface area contributed by atoms with Gasteiger partial charge < -0.3 is 9.13 Å². The molecule has 0 fully saturated rings. The molecule has 1 aliphatic carbocycles. The standard InChI is InChI=1S/C12H15N3/c1-13-12-14(2)10-8-6-4-5-7-9-11(10)15(12)3/h4-9H,1-3H3/b5-4?,6-4-,7-5-,8-6?,9-7?,10-8+,11-9+,13-12?. The van der Waals surface area contributed by atoms with Crippen LogP contribution in [0.25, 0.3) is 12.2 Å². The molecule has 0 saturated carbocycles. The molecule has 3 nitrogen and oxygen atoms in total. The van der Waals surface area contributed by atoms with Crippen molar-refractivity contribution in [2.45, 2.75) is 0 Å². The summed E-state index contributed by atoms with van der Waals surface area (Å²) in [5.41, 5.74) is 0.969. The Morgan fingerprint density at radius 3 is 1.73 bits per heavy atom. The van der Waals surface area contributed by atoms with Crippen molar-refractivity contribution in [3.63, 3.8) is 0 Å². The van der Waals surface area contributed by atoms with Gasteiger partial charge in [0.2, 0.25) is 5.62 Å². The highest BCUT2D eigenvalue weighted by Gasteiger charge is 1.99. The lowest BCUT2D eigenvalue weighted by Crippen LogP contribution is -2.31. The molecule has 0 spiro atoms. The van der Waals surface area contributed by atoms with Gasteiger partial charge in [-0.3, -0.25) is 4.99 Å². The van der Waals surface area contributed by atoms with Gasteiger partial charge in [-0.15, -0.1) is 0 Å². The minimum Gasteiger partial charge on any atom is -0.313 e. The maximum atomic E-state index is 4.27. The fourth-order valence-electron chi connectivity index (χ4n) is 1.90. The van der Waals surface area contributed by atoms with Crippen molar-refractivity contribution in [3.8, 4) is 0 Å². The molecule has 3 heteroatoms. The number of nitrogens with zero attached hydrogens (tertiary/aromatic N) is 3. The van der Waals surface area contributed by atoms with Gasteiger partial charge in [0.1, 0.15) is 0 Å². The molecule has 0 atom stereocenters. The van der Waals surface area contributed by atoms with E-state index < -0.39 is 0 Å². The summed E-state index contributed by atoms with van der Waals surface area (Å²) in [6.45, 7) is 0. The van der Waals surface area contributed by atoms with Crippen molar-refractivity contribution < 1.29 is 0 Å². The van der Waals surface area contributed by atoms with E-state index in [0.717, 1.165) is 5.62 Å². The molecule has 1 heterocycles. The first kappa shape index (κ1) is 9.77. The first-order valence-electron chi connectivity index (χ1n) is 4.95. The van der Waals surface area contributed by atoms with Crippen LogP contribution < -0.4 is 16.3 Å². The van der Waals surface area contributed by atoms with Crippen LogP contribution in [0, 0.1) is 0 Å². The lowest BCUT2D eigenvalue weighted by molar-refractivity contribution is 0.726. The third-order valence-corrected chi connectivity index (χ3v) is 2.63. The number of fused-ring (bicyclic) bond motifs is 1. The van der Waals surface area contributed by atoms with Gasteiger partial charge in [-0.25, -0.2) is 0 Å². The second-order valence-electron chi connectivity index (χ2n) is 3.52. The second-order valence-corrected chi connectivity index (χ2v) is 3.52. The molecular weight excluding hydrogens is 186 g/mol. The summed E-state index contributed by atoms with van der Waals surface area (Å²) in [6, 6.07) is 0. The molecule has 1 aromatic heterocycles. The van der Waals surface area contributed by atoms with Gasteiger partial charge in [0, 0.05) is 21.1 Å². The van der Waals surface area contributed by atoms with Crippen LogP contribution in [-0.2, 0) is 14.1 Å². The minimum absolute atomic E-state index is 0.969. The molecule has 15 heavy (non-hydrogen) atoms. The van der Waals surface area contributed by atoms with E-state index in [1.807, 2.05) is 45.4 Å². The van der Waals surface area contributed by atoms with Crippen molar-refractivity contribution in [1.82, 2.24) is 9.13 Å². The molecule has 0 aromatic carbocycles. The number of allylic oxidation sites excluding steroid dienone is 4. The van der Waals surface area contributed by atoms with E-state index >= 15 is 0 Å². The molecule has 78 valence electrons. The molecule has 2 rings (SSSR count). The van der Waals surface area contributed by atoms with Crippen molar-refractivity contribution in [2.24, 2.45) is 19.1 Å². The third kappa shape index (κ3) is 1.50. The van der Waals surface area contributed by atoms with Crippen LogP contribution in [0.3, 0.4) is 0 Å². The van der Waals surface area contributed by atoms with Gasteiger partial charge in [-0.05, 0) is 12.2 Å². The Balaban J connectivity index is 3.03. The maximum Gasteiger partial charge on any atom is 0.205 e. The number of hydrogen-bond donors (Lipinski definition) is 0. The van der Waals surface area contributed by atoms with Crippen LogP contribution in [0.5, 0.6) is 0 Å². The molecule has 0 N–H and O–H groups in total. The van der Waals surface area contributed by atoms with E-state index in [1.165, 1.54) is 10.7 Å². The maximum absolute atomic E-state index is 4.27. The minimum atomic E-state index is 0.969. The van der Waals surface area contributed by atoms with Gasteiger partial charge in [0.25, 0.3) is 0 Å². The zero-order valence-electron chi connectivity index (χ0n) is 9.31. The van der Waals surface area contributed by atoms with Crippen LogP contribution >= 0.6 is 0 Å². The fraction of sp³-hybridized carbons (Fsp3) is 0.250. The van der Waals surface area contributed by atoms with Crippen LogP contribution in [0.15, 0.2) is 29.3 Å². The van der Waals surface area contributed by atoms with Gasteiger partial charge in [0.05, 0.1) is 10.7 Å². The molecule has 0 bridgehead atoms. The number of aromatic nitrogens is 2. The van der Waals surface area contributed by atoms with Gasteiger partial charge in [-0.2, -0.15) is 0 Å². The van der Waals surface area contributed by atoms with Crippen LogP contribution in [0.4, 0.5) is 0 Å². The summed E-state index contributed by atoms with van der Waals surface area (Å²) >= 11 is 0. The number of hydrogen-bond acceptors (Lipinski definition) is 1. The molecule has 1 aliphatic rings. The van der Waals surface area contributed by atoms with Crippen molar-refractivity contribution in [3.05, 3.63) is 40.6 Å². The average molecular weight is 201 g/mol. The highest BCUT2D eigenvalue weighted by atomic mass is 15.2. The van der Waals surface area contributed by atoms with E-state index in [-0.39, 0.29) is 0 Å². The monoisotopic (exact) mass is 201 g/mol. The first-order valence-corrected chi connectivity index (χ1v) is 4.95. The lowest BCUT2D eigenvalue weighted by Gasteiger charge is -1.91. The molecule has 0 unspecified atom stereocenters. The Bertz CT molecular complexity index is 556. The van der Waals surface area contributed by atoms with E-state index in [1.54, 1.807) is 0 Å². The Kier molecular flexibility index (Phi) is 2.46. The summed E-state index contributed by atoms with van der Waals surface area (Å²) < 4.78 is 4.19. The second kappa shape index (κ2) is 3.77. The van der Waals surface area contributed by atoms with Crippen LogP contribution in [-0.4, -0.2) is 16.2 Å². The molecule has 0 aliphatic heterocycles. The molecule has 0 saturated heterocycles. The summed E-state index contributed by atoms with van der Waals surface area (Å²) in [4.78, 5) is 4.27. The average Bonchev–Trinajstić information content (AvgIpc) is 2.37. The van der Waals surface area contributed by atoms with Crippen LogP contribution in [0.2, 0.25) is 0 Å². The number of rotatable bonds is 0. The topological polar surface area (TPSA) is 22.2 Å². The quantitative estimate of drug-likeness (QED) is 0.544. The van der Waals surface area contributed by atoms with Gasteiger partial charge in [-0.1, -0.05) is 24.3 Å². The highest BCUT2D eigenvalue weighted by Crippen LogP contribution is 1.82. The van der Waals surface area contributed by atoms with Crippen molar-refractivity contribution in [2.75, 3.05) is 7.05 Å². The fourth-order valence-corrected chi connectivity index (χ4v) is 1.90. The smallest absolute Gasteiger partial charge is 0.205 e. The number of imidazole rings is 1. The van der Waals surface area contributed by atoms with Crippen molar-refractivity contribution in [1.29, 1.82) is 0 Å². The van der Waals surface area contributed by atoms with E-state index in [2.05, 4.69) is 26.3 Å². The largest absolute Gasteiger partial charge is 0.313 e. The zero-order chi connectivity index (χ0) is 10.8. The lowest BCUT2D eigenvalue weighted by atomic mass is 10.3. The SMILES string of the molecule is CN=c1n(C)c2/c(n1C)=C\C=C/C=C\C=2. The molecule has 0 amide bonds. The predicted octanol–water partition coefficient (Wildman–Crippen LogP) is -0.419. The summed E-state index contributed by atoms with van der Waals surface area (Å²) in [5.74, 6) is 0. The molecule has 0 radical (unpaired) electrons. The van der Waals surface area contributed by atoms with E-state index in [0.29, 0.717) is 0 Å². The highest BCUT2D eigenvalue weighted by molar-refractivity contribution is 5.45. The van der Waals surface area contributed by atoms with Crippen molar-refractivity contribution >= 4 is 12.2 Å². The summed E-state index contributed by atoms with van der Waals surface area (Å²) in [6.07, 6.45) is 12.3. The van der Waals surface area contributed by atoms with E-state index in [9.17, 15) is 0 Å². The Morgan fingerprint density at radius 2 is 1.33 bits per heavy atom. The predicted molar refractivity (Wildman–Crippen MR) is 62.3 cm³/mol. The van der Waals surface area contributed by atoms with E-state index in [4.69, 9.17) is 0 Å². The zero-order valence-corrected chi connectivity index (χ0v) is 9.31. The molecule has 1 aromatic rings. The Labute approximate surface area is 88.7 Å². The van der Waals surface area contributed by atoms with Crippen LogP contribution in [0.1, 0.15) is 0 Å². The molecular formula is C12H15N3. The van der Waals surface area contributed by atoms with Gasteiger partial charge in [0.15, 0.2) is 0 Å². The Morgan fingerprint density at radius 1 is 0.867 bits per heavy atom. The summed E-state index contributed by atoms with van der Waals surface area (Å²) in [5, 5.41) is 2.36. The third-order valence-electron chi connectivity index (χ3n) is 2.63. The summed E-state index contributed by atoms with van der Waals surface area (Å²) in [7, 11) is 5.88.